The maximum Gasteiger partial charge on any atom is 0.275 e. The van der Waals surface area contributed by atoms with Crippen molar-refractivity contribution in [3.63, 3.8) is 0 Å². The van der Waals surface area contributed by atoms with Gasteiger partial charge in [-0.3, -0.25) is 14.7 Å². The molecule has 0 saturated heterocycles. The standard InChI is InChI=1S/C24H29N5O7/c1-24(2,3)21(15-7-14(34-4)5-6-16(15)29(32)33)35-11-13-9-28(19-8-17(31)18(10-30)36-19)23-20(13)22(25)26-12-27-23/h5-7,9,12,19,21,30-31H,8,10-11H2,1-4H3,(H2,25,26,27)/t19-,21-/m1/s1. The van der Waals surface area contributed by atoms with E-state index < -0.39 is 29.3 Å². The van der Waals surface area contributed by atoms with Gasteiger partial charge in [0.05, 0.1) is 42.1 Å². The summed E-state index contributed by atoms with van der Waals surface area (Å²) in [5.74, 6) is 0.768. The van der Waals surface area contributed by atoms with E-state index >= 15 is 0 Å². The molecule has 3 heterocycles. The Morgan fingerprint density at radius 1 is 1.36 bits per heavy atom. The second kappa shape index (κ2) is 9.63. The summed E-state index contributed by atoms with van der Waals surface area (Å²) in [6, 6.07) is 4.56. The van der Waals surface area contributed by atoms with Crippen LogP contribution < -0.4 is 10.5 Å². The number of nitrogen functional groups attached to an aromatic ring is 1. The highest BCUT2D eigenvalue weighted by Crippen LogP contribution is 2.43. The molecule has 0 fully saturated rings. The molecule has 4 N–H and O–H groups in total. The van der Waals surface area contributed by atoms with E-state index in [1.54, 1.807) is 22.9 Å². The molecule has 1 aliphatic rings. The summed E-state index contributed by atoms with van der Waals surface area (Å²) in [5, 5.41) is 31.8. The van der Waals surface area contributed by atoms with E-state index in [0.717, 1.165) is 0 Å². The normalized spacial score (nSPS) is 16.9. The fourth-order valence-electron chi connectivity index (χ4n) is 4.37. The van der Waals surface area contributed by atoms with Crippen LogP contribution in [0.25, 0.3) is 11.0 Å². The molecule has 4 rings (SSSR count). The number of nitrogens with two attached hydrogens (primary N) is 1. The highest BCUT2D eigenvalue weighted by molar-refractivity contribution is 5.89. The Morgan fingerprint density at radius 2 is 2.11 bits per heavy atom. The quantitative estimate of drug-likeness (QED) is 0.305. The number of benzene rings is 1. The summed E-state index contributed by atoms with van der Waals surface area (Å²) in [5.41, 5.74) is 7.10. The Bertz CT molecular complexity index is 1330. The first-order valence-corrected chi connectivity index (χ1v) is 11.3. The van der Waals surface area contributed by atoms with Gasteiger partial charge in [-0.05, 0) is 17.5 Å². The van der Waals surface area contributed by atoms with Crippen molar-refractivity contribution in [1.29, 1.82) is 0 Å². The Kier molecular flexibility index (Phi) is 6.74. The smallest absolute Gasteiger partial charge is 0.275 e. The number of aromatic nitrogens is 3. The van der Waals surface area contributed by atoms with Gasteiger partial charge in [0.2, 0.25) is 0 Å². The first kappa shape index (κ1) is 25.2. The number of ether oxygens (including phenoxy) is 3. The third-order valence-corrected chi connectivity index (χ3v) is 6.05. The van der Waals surface area contributed by atoms with Crippen molar-refractivity contribution in [3.8, 4) is 5.75 Å². The molecule has 0 bridgehead atoms. The topological polar surface area (TPSA) is 168 Å². The molecule has 3 aromatic rings. The predicted molar refractivity (Wildman–Crippen MR) is 130 cm³/mol. The third-order valence-electron chi connectivity index (χ3n) is 6.05. The second-order valence-electron chi connectivity index (χ2n) is 9.56. The molecule has 12 heteroatoms. The number of anilines is 1. The fourth-order valence-corrected chi connectivity index (χ4v) is 4.37. The van der Waals surface area contributed by atoms with Crippen molar-refractivity contribution in [3.05, 3.63) is 63.5 Å². The lowest BCUT2D eigenvalue weighted by molar-refractivity contribution is -0.386. The van der Waals surface area contributed by atoms with E-state index in [-0.39, 0.29) is 36.1 Å². The van der Waals surface area contributed by atoms with Crippen molar-refractivity contribution >= 4 is 22.5 Å². The van der Waals surface area contributed by atoms with E-state index in [1.165, 1.54) is 19.5 Å². The molecule has 1 aliphatic heterocycles. The lowest BCUT2D eigenvalue weighted by Gasteiger charge is -2.31. The summed E-state index contributed by atoms with van der Waals surface area (Å²) in [6.07, 6.45) is 1.89. The first-order chi connectivity index (χ1) is 17.0. The van der Waals surface area contributed by atoms with Crippen LogP contribution in [0.3, 0.4) is 0 Å². The number of aliphatic hydroxyl groups is 2. The van der Waals surface area contributed by atoms with Crippen LogP contribution in [-0.2, 0) is 16.1 Å². The molecule has 1 aromatic carbocycles. The average molecular weight is 500 g/mol. The van der Waals surface area contributed by atoms with Crippen molar-refractivity contribution in [2.45, 2.75) is 46.1 Å². The van der Waals surface area contributed by atoms with Crippen molar-refractivity contribution in [1.82, 2.24) is 14.5 Å². The minimum Gasteiger partial charge on any atom is -0.508 e. The number of hydrogen-bond acceptors (Lipinski definition) is 10. The van der Waals surface area contributed by atoms with E-state index in [9.17, 15) is 20.3 Å². The van der Waals surface area contributed by atoms with Crippen molar-refractivity contribution < 1.29 is 29.3 Å². The first-order valence-electron chi connectivity index (χ1n) is 11.3. The number of hydrogen-bond donors (Lipinski definition) is 3. The maximum absolute atomic E-state index is 11.8. The van der Waals surface area contributed by atoms with Crippen LogP contribution in [0, 0.1) is 15.5 Å². The number of methoxy groups -OCH3 is 1. The summed E-state index contributed by atoms with van der Waals surface area (Å²) in [6.45, 7) is 5.40. The SMILES string of the molecule is COc1ccc([N+](=O)[O-])c([C@@H](OCc2cn([C@H]3CC(O)=C(CO)O3)c3ncnc(N)c23)C(C)(C)C)c1. The van der Waals surface area contributed by atoms with Gasteiger partial charge in [-0.25, -0.2) is 9.97 Å². The monoisotopic (exact) mass is 499 g/mol. The van der Waals surface area contributed by atoms with E-state index in [2.05, 4.69) is 9.97 Å². The lowest BCUT2D eigenvalue weighted by Crippen LogP contribution is -2.22. The van der Waals surface area contributed by atoms with Crippen LogP contribution in [0.5, 0.6) is 5.75 Å². The van der Waals surface area contributed by atoms with Crippen molar-refractivity contribution in [2.75, 3.05) is 19.5 Å². The van der Waals surface area contributed by atoms with E-state index in [4.69, 9.17) is 19.9 Å². The number of nitrogens with zero attached hydrogens (tertiary/aromatic N) is 4. The Labute approximate surface area is 207 Å². The van der Waals surface area contributed by atoms with Crippen LogP contribution in [0.4, 0.5) is 11.5 Å². The van der Waals surface area contributed by atoms with Gasteiger partial charge in [0.25, 0.3) is 5.69 Å². The Balaban J connectivity index is 1.72. The van der Waals surface area contributed by atoms with Gasteiger partial charge in [-0.15, -0.1) is 0 Å². The fraction of sp³-hybridized carbons (Fsp3) is 0.417. The molecule has 0 spiro atoms. The van der Waals surface area contributed by atoms with Crippen molar-refractivity contribution in [2.24, 2.45) is 5.41 Å². The zero-order chi connectivity index (χ0) is 26.2. The average Bonchev–Trinajstić information content (AvgIpc) is 3.38. The number of nitro groups is 1. The molecule has 36 heavy (non-hydrogen) atoms. The zero-order valence-corrected chi connectivity index (χ0v) is 20.5. The molecule has 0 aliphatic carbocycles. The molecule has 192 valence electrons. The van der Waals surface area contributed by atoms with Gasteiger partial charge in [0.15, 0.2) is 12.0 Å². The number of nitro benzene ring substituents is 1. The minimum atomic E-state index is -0.674. The third kappa shape index (κ3) is 4.64. The largest absolute Gasteiger partial charge is 0.508 e. The molecular weight excluding hydrogens is 470 g/mol. The molecule has 0 unspecified atom stereocenters. The second-order valence-corrected chi connectivity index (χ2v) is 9.56. The van der Waals surface area contributed by atoms with Crippen LogP contribution >= 0.6 is 0 Å². The number of fused-ring (bicyclic) bond motifs is 1. The molecule has 0 radical (unpaired) electrons. The van der Waals surface area contributed by atoms with Gasteiger partial charge in [-0.2, -0.15) is 0 Å². The lowest BCUT2D eigenvalue weighted by atomic mass is 9.83. The van der Waals surface area contributed by atoms with Crippen LogP contribution in [0.15, 0.2) is 42.2 Å². The highest BCUT2D eigenvalue weighted by atomic mass is 16.6. The summed E-state index contributed by atoms with van der Waals surface area (Å²) in [4.78, 5) is 19.8. The Hall–Kier alpha value is -3.90. The summed E-state index contributed by atoms with van der Waals surface area (Å²) in [7, 11) is 1.50. The molecule has 0 amide bonds. The predicted octanol–water partition coefficient (Wildman–Crippen LogP) is 3.92. The van der Waals surface area contributed by atoms with Gasteiger partial charge in [0, 0.05) is 17.8 Å². The van der Waals surface area contributed by atoms with Crippen LogP contribution in [0.1, 0.15) is 50.7 Å². The molecule has 2 atom stereocenters. The van der Waals surface area contributed by atoms with Crippen LogP contribution in [0.2, 0.25) is 0 Å². The number of aliphatic hydroxyl groups excluding tert-OH is 2. The van der Waals surface area contributed by atoms with Gasteiger partial charge >= 0.3 is 0 Å². The summed E-state index contributed by atoms with van der Waals surface area (Å²) < 4.78 is 19.0. The summed E-state index contributed by atoms with van der Waals surface area (Å²) >= 11 is 0. The highest BCUT2D eigenvalue weighted by Gasteiger charge is 2.34. The minimum absolute atomic E-state index is 0.0381. The van der Waals surface area contributed by atoms with E-state index in [1.807, 2.05) is 20.8 Å². The Morgan fingerprint density at radius 3 is 2.72 bits per heavy atom. The zero-order valence-electron chi connectivity index (χ0n) is 20.5. The molecular formula is C24H29N5O7. The van der Waals surface area contributed by atoms with Crippen LogP contribution in [-0.4, -0.2) is 43.4 Å². The van der Waals surface area contributed by atoms with Gasteiger partial charge < -0.3 is 30.2 Å². The maximum atomic E-state index is 11.8. The van der Waals surface area contributed by atoms with E-state index in [0.29, 0.717) is 27.9 Å². The molecule has 2 aromatic heterocycles. The molecule has 0 saturated carbocycles. The number of rotatable bonds is 8. The molecule has 12 nitrogen and oxygen atoms in total. The van der Waals surface area contributed by atoms with Gasteiger partial charge in [-0.1, -0.05) is 20.8 Å². The van der Waals surface area contributed by atoms with Gasteiger partial charge in [0.1, 0.15) is 35.9 Å².